The van der Waals surface area contributed by atoms with Gasteiger partial charge < -0.3 is 4.90 Å². The zero-order valence-electron chi connectivity index (χ0n) is 15.6. The van der Waals surface area contributed by atoms with Crippen molar-refractivity contribution in [2.75, 3.05) is 26.2 Å². The summed E-state index contributed by atoms with van der Waals surface area (Å²) in [6, 6.07) is 6.51. The monoisotopic (exact) mass is 366 g/mol. The maximum Gasteiger partial charge on any atom is 0.253 e. The molecule has 1 aliphatic heterocycles. The Morgan fingerprint density at radius 2 is 1.92 bits per heavy atom. The topological polar surface area (TPSA) is 57.7 Å². The summed E-state index contributed by atoms with van der Waals surface area (Å²) in [7, 11) is -3.56. The van der Waals surface area contributed by atoms with E-state index in [9.17, 15) is 13.2 Å². The Hall–Kier alpha value is -1.40. The van der Waals surface area contributed by atoms with Gasteiger partial charge in [-0.05, 0) is 49.8 Å². The quantitative estimate of drug-likeness (QED) is 0.743. The second-order valence-corrected chi connectivity index (χ2v) is 8.87. The van der Waals surface area contributed by atoms with E-state index in [-0.39, 0.29) is 10.8 Å². The molecule has 1 heterocycles. The van der Waals surface area contributed by atoms with E-state index in [1.165, 1.54) is 10.4 Å². The van der Waals surface area contributed by atoms with Crippen LogP contribution in [0.3, 0.4) is 0 Å². The van der Waals surface area contributed by atoms with Gasteiger partial charge in [-0.1, -0.05) is 26.8 Å². The molecule has 2 rings (SSSR count). The minimum absolute atomic E-state index is 0.0684. The Bertz CT molecular complexity index is 682. The van der Waals surface area contributed by atoms with E-state index in [1.807, 2.05) is 18.7 Å². The van der Waals surface area contributed by atoms with Crippen molar-refractivity contribution in [3.63, 3.8) is 0 Å². The van der Waals surface area contributed by atoms with Gasteiger partial charge in [0.2, 0.25) is 10.0 Å². The number of piperidine rings is 1. The second kappa shape index (κ2) is 8.81. The Balaban J connectivity index is 2.26. The van der Waals surface area contributed by atoms with E-state index >= 15 is 0 Å². The first-order chi connectivity index (χ1) is 11.9. The average molecular weight is 367 g/mol. The van der Waals surface area contributed by atoms with Gasteiger partial charge in [0.25, 0.3) is 5.91 Å². The van der Waals surface area contributed by atoms with Gasteiger partial charge >= 0.3 is 0 Å². The van der Waals surface area contributed by atoms with Gasteiger partial charge in [-0.15, -0.1) is 0 Å². The molecule has 0 aliphatic carbocycles. The lowest BCUT2D eigenvalue weighted by Crippen LogP contribution is -2.39. The van der Waals surface area contributed by atoms with E-state index in [0.29, 0.717) is 24.6 Å². The summed E-state index contributed by atoms with van der Waals surface area (Å²) in [6.07, 6.45) is 3.68. The molecule has 1 amide bonds. The maximum atomic E-state index is 12.9. The zero-order chi connectivity index (χ0) is 18.4. The Labute approximate surface area is 152 Å². The van der Waals surface area contributed by atoms with Crippen molar-refractivity contribution in [1.82, 2.24) is 9.21 Å². The molecule has 1 saturated heterocycles. The molecule has 0 N–H and O–H groups in total. The third-order valence-electron chi connectivity index (χ3n) is 4.61. The highest BCUT2D eigenvalue weighted by atomic mass is 32.2. The third kappa shape index (κ3) is 4.82. The number of nitrogens with zero attached hydrogens (tertiary/aromatic N) is 2. The van der Waals surface area contributed by atoms with Gasteiger partial charge in [-0.25, -0.2) is 8.42 Å². The fourth-order valence-corrected chi connectivity index (χ4v) is 5.02. The van der Waals surface area contributed by atoms with E-state index in [2.05, 4.69) is 6.92 Å². The maximum absolute atomic E-state index is 12.9. The number of sulfonamides is 1. The van der Waals surface area contributed by atoms with Gasteiger partial charge in [0.05, 0.1) is 4.90 Å². The Kier molecular flexibility index (Phi) is 7.02. The average Bonchev–Trinajstić information content (AvgIpc) is 2.61. The van der Waals surface area contributed by atoms with Crippen LogP contribution in [0.5, 0.6) is 0 Å². The van der Waals surface area contributed by atoms with Gasteiger partial charge in [-0.2, -0.15) is 4.31 Å². The molecule has 1 fully saturated rings. The standard InChI is InChI=1S/C19H30N2O3S/c1-4-11-21(12-5-2)25(23,24)18-10-6-9-17(14-18)19(22)20-13-7-8-16(3)15-20/h6,9-10,14,16H,4-5,7-8,11-13,15H2,1-3H3. The van der Waals surface area contributed by atoms with E-state index in [1.54, 1.807) is 18.2 Å². The number of benzene rings is 1. The number of amides is 1. The lowest BCUT2D eigenvalue weighted by Gasteiger charge is -2.31. The van der Waals surface area contributed by atoms with Crippen LogP contribution in [0.15, 0.2) is 29.2 Å². The highest BCUT2D eigenvalue weighted by Crippen LogP contribution is 2.21. The molecule has 1 unspecified atom stereocenters. The third-order valence-corrected chi connectivity index (χ3v) is 6.50. The van der Waals surface area contributed by atoms with Crippen LogP contribution in [0.1, 0.15) is 56.8 Å². The normalized spacial score (nSPS) is 18.6. The Morgan fingerprint density at radius 3 is 2.52 bits per heavy atom. The van der Waals surface area contributed by atoms with Gasteiger partial charge in [0.1, 0.15) is 0 Å². The first kappa shape index (κ1) is 19.9. The van der Waals surface area contributed by atoms with Crippen LogP contribution in [-0.2, 0) is 10.0 Å². The number of rotatable bonds is 7. The molecule has 6 heteroatoms. The minimum Gasteiger partial charge on any atom is -0.338 e. The van der Waals surface area contributed by atoms with Crippen molar-refractivity contribution in [3.05, 3.63) is 29.8 Å². The summed E-state index contributed by atoms with van der Waals surface area (Å²) in [5.74, 6) is 0.426. The summed E-state index contributed by atoms with van der Waals surface area (Å²) in [6.45, 7) is 8.57. The van der Waals surface area contributed by atoms with Crippen molar-refractivity contribution >= 4 is 15.9 Å². The smallest absolute Gasteiger partial charge is 0.253 e. The number of hydrogen-bond donors (Lipinski definition) is 0. The molecule has 1 aromatic carbocycles. The predicted octanol–water partition coefficient (Wildman–Crippen LogP) is 3.37. The van der Waals surface area contributed by atoms with Crippen LogP contribution in [0.25, 0.3) is 0 Å². The zero-order valence-corrected chi connectivity index (χ0v) is 16.4. The summed E-state index contributed by atoms with van der Waals surface area (Å²) in [5.41, 5.74) is 0.461. The van der Waals surface area contributed by atoms with Gasteiger partial charge in [-0.3, -0.25) is 4.79 Å². The number of likely N-dealkylation sites (tertiary alicyclic amines) is 1. The predicted molar refractivity (Wildman–Crippen MR) is 100 cm³/mol. The van der Waals surface area contributed by atoms with Crippen molar-refractivity contribution in [2.45, 2.75) is 51.3 Å². The number of carbonyl (C=O) groups excluding carboxylic acids is 1. The summed E-state index contributed by atoms with van der Waals surface area (Å²) < 4.78 is 27.3. The molecule has 0 saturated carbocycles. The second-order valence-electron chi connectivity index (χ2n) is 6.93. The van der Waals surface area contributed by atoms with Crippen LogP contribution in [-0.4, -0.2) is 49.7 Å². The molecule has 1 aliphatic rings. The molecule has 5 nitrogen and oxygen atoms in total. The van der Waals surface area contributed by atoms with Crippen LogP contribution in [0.4, 0.5) is 0 Å². The molecule has 140 valence electrons. The molecule has 0 aromatic heterocycles. The minimum atomic E-state index is -3.56. The Morgan fingerprint density at radius 1 is 1.24 bits per heavy atom. The lowest BCUT2D eigenvalue weighted by molar-refractivity contribution is 0.0683. The summed E-state index contributed by atoms with van der Waals surface area (Å²) in [5, 5.41) is 0. The largest absolute Gasteiger partial charge is 0.338 e. The SMILES string of the molecule is CCCN(CCC)S(=O)(=O)c1cccc(C(=O)N2CCCC(C)C2)c1. The summed E-state index contributed by atoms with van der Waals surface area (Å²) in [4.78, 5) is 14.8. The van der Waals surface area contributed by atoms with Crippen molar-refractivity contribution in [2.24, 2.45) is 5.92 Å². The fourth-order valence-electron chi connectivity index (χ4n) is 3.35. The summed E-state index contributed by atoms with van der Waals surface area (Å²) >= 11 is 0. The molecule has 25 heavy (non-hydrogen) atoms. The molecular formula is C19H30N2O3S. The van der Waals surface area contributed by atoms with Crippen molar-refractivity contribution < 1.29 is 13.2 Å². The lowest BCUT2D eigenvalue weighted by atomic mass is 9.99. The molecule has 0 spiro atoms. The van der Waals surface area contributed by atoms with Crippen LogP contribution >= 0.6 is 0 Å². The van der Waals surface area contributed by atoms with Crippen LogP contribution < -0.4 is 0 Å². The fraction of sp³-hybridized carbons (Fsp3) is 0.632. The highest BCUT2D eigenvalue weighted by molar-refractivity contribution is 7.89. The molecule has 0 bridgehead atoms. The molecular weight excluding hydrogens is 336 g/mol. The molecule has 0 radical (unpaired) electrons. The van der Waals surface area contributed by atoms with Crippen molar-refractivity contribution in [3.8, 4) is 0 Å². The van der Waals surface area contributed by atoms with E-state index in [4.69, 9.17) is 0 Å². The van der Waals surface area contributed by atoms with Gasteiger partial charge in [0.15, 0.2) is 0 Å². The van der Waals surface area contributed by atoms with Crippen LogP contribution in [0, 0.1) is 5.92 Å². The van der Waals surface area contributed by atoms with E-state index < -0.39 is 10.0 Å². The van der Waals surface area contributed by atoms with Gasteiger partial charge in [0, 0.05) is 31.7 Å². The number of carbonyl (C=O) groups is 1. The van der Waals surface area contributed by atoms with Crippen LogP contribution in [0.2, 0.25) is 0 Å². The first-order valence-electron chi connectivity index (χ1n) is 9.29. The highest BCUT2D eigenvalue weighted by Gasteiger charge is 2.26. The molecule has 1 aromatic rings. The first-order valence-corrected chi connectivity index (χ1v) is 10.7. The number of hydrogen-bond acceptors (Lipinski definition) is 3. The van der Waals surface area contributed by atoms with E-state index in [0.717, 1.165) is 38.8 Å². The molecule has 1 atom stereocenters. The van der Waals surface area contributed by atoms with Crippen molar-refractivity contribution in [1.29, 1.82) is 0 Å².